The van der Waals surface area contributed by atoms with Crippen LogP contribution >= 0.6 is 22.6 Å². The molecule has 0 aromatic rings. The van der Waals surface area contributed by atoms with E-state index >= 15 is 0 Å². The Labute approximate surface area is 76.5 Å². The van der Waals surface area contributed by atoms with Gasteiger partial charge in [0.25, 0.3) is 0 Å². The van der Waals surface area contributed by atoms with Gasteiger partial charge in [-0.05, 0) is 26.8 Å². The highest BCUT2D eigenvalue weighted by Gasteiger charge is 2.25. The SMILES string of the molecule is CNC1CCCN1C(C)I. The molecule has 1 fully saturated rings. The minimum Gasteiger partial charge on any atom is -0.305 e. The number of nitrogens with zero attached hydrogens (tertiary/aromatic N) is 1. The van der Waals surface area contributed by atoms with Crippen molar-refractivity contribution in [3.05, 3.63) is 0 Å². The van der Waals surface area contributed by atoms with E-state index in [9.17, 15) is 0 Å². The van der Waals surface area contributed by atoms with Crippen molar-refractivity contribution in [3.8, 4) is 0 Å². The summed E-state index contributed by atoms with van der Waals surface area (Å²) in [5, 5.41) is 3.32. The normalized spacial score (nSPS) is 30.9. The second kappa shape index (κ2) is 3.88. The summed E-state index contributed by atoms with van der Waals surface area (Å²) in [6.07, 6.45) is 3.29. The molecule has 0 saturated carbocycles. The van der Waals surface area contributed by atoms with Crippen LogP contribution in [0.5, 0.6) is 0 Å². The summed E-state index contributed by atoms with van der Waals surface area (Å²) in [4.78, 5) is 2.50. The molecule has 1 aliphatic heterocycles. The van der Waals surface area contributed by atoms with Gasteiger partial charge in [-0.25, -0.2) is 0 Å². The predicted octanol–water partition coefficient (Wildman–Crippen LogP) is 1.41. The maximum absolute atomic E-state index is 3.32. The molecule has 0 bridgehead atoms. The lowest BCUT2D eigenvalue weighted by Crippen LogP contribution is -2.41. The van der Waals surface area contributed by atoms with Gasteiger partial charge in [0.1, 0.15) is 0 Å². The van der Waals surface area contributed by atoms with Gasteiger partial charge in [0.15, 0.2) is 0 Å². The third kappa shape index (κ3) is 1.83. The van der Waals surface area contributed by atoms with Gasteiger partial charge >= 0.3 is 0 Å². The van der Waals surface area contributed by atoms with Gasteiger partial charge in [-0.15, -0.1) is 0 Å². The minimum atomic E-state index is 0.631. The van der Waals surface area contributed by atoms with Crippen molar-refractivity contribution in [2.45, 2.75) is 30.0 Å². The number of halogens is 1. The molecule has 1 heterocycles. The number of rotatable bonds is 2. The van der Waals surface area contributed by atoms with Crippen LogP contribution in [0.4, 0.5) is 0 Å². The molecule has 2 atom stereocenters. The molecule has 3 heteroatoms. The summed E-state index contributed by atoms with van der Waals surface area (Å²) in [6, 6.07) is 0. The van der Waals surface area contributed by atoms with Gasteiger partial charge < -0.3 is 5.32 Å². The lowest BCUT2D eigenvalue weighted by molar-refractivity contribution is 0.230. The molecule has 0 spiro atoms. The largest absolute Gasteiger partial charge is 0.305 e. The zero-order valence-corrected chi connectivity index (χ0v) is 8.76. The van der Waals surface area contributed by atoms with E-state index in [0.29, 0.717) is 10.2 Å². The fourth-order valence-corrected chi connectivity index (χ4v) is 2.19. The van der Waals surface area contributed by atoms with E-state index in [0.717, 1.165) is 0 Å². The van der Waals surface area contributed by atoms with E-state index in [1.165, 1.54) is 19.4 Å². The average Bonchev–Trinajstić information content (AvgIpc) is 2.33. The van der Waals surface area contributed by atoms with Crippen molar-refractivity contribution in [1.82, 2.24) is 10.2 Å². The summed E-state index contributed by atoms with van der Waals surface area (Å²) in [5.74, 6) is 0. The van der Waals surface area contributed by atoms with Crippen LogP contribution in [0.2, 0.25) is 0 Å². The van der Waals surface area contributed by atoms with Crippen LogP contribution in [0.15, 0.2) is 0 Å². The number of alkyl halides is 1. The highest BCUT2D eigenvalue weighted by atomic mass is 127. The molecule has 1 rings (SSSR count). The van der Waals surface area contributed by atoms with Gasteiger partial charge in [0.2, 0.25) is 0 Å². The van der Waals surface area contributed by atoms with Gasteiger partial charge in [0, 0.05) is 6.54 Å². The van der Waals surface area contributed by atoms with Crippen molar-refractivity contribution in [1.29, 1.82) is 0 Å². The van der Waals surface area contributed by atoms with E-state index in [4.69, 9.17) is 0 Å². The first-order chi connectivity index (χ1) is 4.75. The summed E-state index contributed by atoms with van der Waals surface area (Å²) in [6.45, 7) is 3.51. The molecule has 2 nitrogen and oxygen atoms in total. The first-order valence-electron chi connectivity index (χ1n) is 3.83. The second-order valence-corrected chi connectivity index (χ2v) is 4.56. The van der Waals surface area contributed by atoms with Crippen molar-refractivity contribution in [2.75, 3.05) is 13.6 Å². The van der Waals surface area contributed by atoms with Crippen LogP contribution < -0.4 is 5.32 Å². The van der Waals surface area contributed by atoms with Gasteiger partial charge in [0.05, 0.1) is 10.2 Å². The molecule has 0 amide bonds. The maximum atomic E-state index is 3.32. The summed E-state index contributed by atoms with van der Waals surface area (Å²) in [7, 11) is 2.04. The van der Waals surface area contributed by atoms with Crippen LogP contribution in [0.3, 0.4) is 0 Å². The van der Waals surface area contributed by atoms with Crippen LogP contribution in [-0.2, 0) is 0 Å². The van der Waals surface area contributed by atoms with Crippen molar-refractivity contribution in [2.24, 2.45) is 0 Å². The van der Waals surface area contributed by atoms with Crippen LogP contribution in [0.1, 0.15) is 19.8 Å². The molecule has 0 aromatic carbocycles. The van der Waals surface area contributed by atoms with E-state index in [2.05, 4.69) is 39.7 Å². The molecule has 0 aromatic heterocycles. The lowest BCUT2D eigenvalue weighted by atomic mass is 10.3. The Balaban J connectivity index is 2.42. The third-order valence-corrected chi connectivity index (χ3v) is 2.80. The highest BCUT2D eigenvalue weighted by Crippen LogP contribution is 2.20. The fraction of sp³-hybridized carbons (Fsp3) is 1.00. The van der Waals surface area contributed by atoms with Crippen molar-refractivity contribution < 1.29 is 0 Å². The Morgan fingerprint density at radius 2 is 2.40 bits per heavy atom. The van der Waals surface area contributed by atoms with Crippen molar-refractivity contribution >= 4 is 22.6 Å². The zero-order chi connectivity index (χ0) is 7.56. The van der Waals surface area contributed by atoms with Gasteiger partial charge in [-0.1, -0.05) is 22.6 Å². The molecule has 10 heavy (non-hydrogen) atoms. The van der Waals surface area contributed by atoms with Crippen LogP contribution in [0.25, 0.3) is 0 Å². The second-order valence-electron chi connectivity index (χ2n) is 2.76. The van der Waals surface area contributed by atoms with E-state index < -0.39 is 0 Å². The Kier molecular flexibility index (Phi) is 3.39. The molecule has 1 saturated heterocycles. The predicted molar refractivity (Wildman–Crippen MR) is 52.3 cm³/mol. The summed E-state index contributed by atoms with van der Waals surface area (Å²) >= 11 is 2.47. The summed E-state index contributed by atoms with van der Waals surface area (Å²) < 4.78 is 0.664. The maximum Gasteiger partial charge on any atom is 0.0604 e. The molecule has 0 aliphatic carbocycles. The van der Waals surface area contributed by atoms with E-state index in [-0.39, 0.29) is 0 Å². The Morgan fingerprint density at radius 1 is 1.70 bits per heavy atom. The fourth-order valence-electron chi connectivity index (χ4n) is 1.52. The number of nitrogens with one attached hydrogen (secondary N) is 1. The van der Waals surface area contributed by atoms with Gasteiger partial charge in [-0.2, -0.15) is 0 Å². The van der Waals surface area contributed by atoms with Crippen LogP contribution in [-0.4, -0.2) is 28.7 Å². The average molecular weight is 254 g/mol. The molecule has 1 N–H and O–H groups in total. The molecular weight excluding hydrogens is 239 g/mol. The monoisotopic (exact) mass is 254 g/mol. The minimum absolute atomic E-state index is 0.631. The quantitative estimate of drug-likeness (QED) is 0.455. The first-order valence-corrected chi connectivity index (χ1v) is 5.07. The lowest BCUT2D eigenvalue weighted by Gasteiger charge is -2.26. The number of likely N-dealkylation sites (tertiary alicyclic amines) is 1. The summed E-state index contributed by atoms with van der Waals surface area (Å²) in [5.41, 5.74) is 0. The Hall–Kier alpha value is 0.650. The highest BCUT2D eigenvalue weighted by molar-refractivity contribution is 14.1. The molecule has 60 valence electrons. The topological polar surface area (TPSA) is 15.3 Å². The Bertz CT molecular complexity index is 106. The number of hydrogen-bond acceptors (Lipinski definition) is 2. The standard InChI is InChI=1S/C7H15IN2/c1-6(8)10-5-3-4-7(10)9-2/h6-7,9H,3-5H2,1-2H3. The zero-order valence-electron chi connectivity index (χ0n) is 6.60. The first kappa shape index (κ1) is 8.74. The van der Waals surface area contributed by atoms with E-state index in [1.807, 2.05) is 7.05 Å². The Morgan fingerprint density at radius 3 is 2.80 bits per heavy atom. The molecular formula is C7H15IN2. The van der Waals surface area contributed by atoms with Crippen molar-refractivity contribution in [3.63, 3.8) is 0 Å². The smallest absolute Gasteiger partial charge is 0.0604 e. The van der Waals surface area contributed by atoms with Crippen LogP contribution in [0, 0.1) is 0 Å². The van der Waals surface area contributed by atoms with E-state index in [1.54, 1.807) is 0 Å². The third-order valence-electron chi connectivity index (χ3n) is 2.08. The van der Waals surface area contributed by atoms with Gasteiger partial charge in [-0.3, -0.25) is 4.90 Å². The molecule has 0 radical (unpaired) electrons. The molecule has 1 aliphatic rings. The molecule has 2 unspecified atom stereocenters. The number of hydrogen-bond donors (Lipinski definition) is 1.